The Morgan fingerprint density at radius 2 is 1.74 bits per heavy atom. The van der Waals surface area contributed by atoms with Crippen molar-refractivity contribution in [2.24, 2.45) is 10.8 Å². The second-order valence-corrected chi connectivity index (χ2v) is 11.7. The summed E-state index contributed by atoms with van der Waals surface area (Å²) in [4.78, 5) is 48.7. The van der Waals surface area contributed by atoms with Crippen molar-refractivity contribution >= 4 is 40.1 Å². The minimum absolute atomic E-state index is 0.00531. The highest BCUT2D eigenvalue weighted by molar-refractivity contribution is 6.07. The summed E-state index contributed by atoms with van der Waals surface area (Å²) in [6, 6.07) is 19.3. The number of hydrogen-bond donors (Lipinski definition) is 3. The predicted molar refractivity (Wildman–Crippen MR) is 177 cm³/mol. The number of urea groups is 1. The number of amides is 4. The molecule has 11 nitrogen and oxygen atoms in total. The maximum atomic E-state index is 13.9. The Labute approximate surface area is 267 Å². The van der Waals surface area contributed by atoms with Gasteiger partial charge < -0.3 is 21.3 Å². The van der Waals surface area contributed by atoms with Crippen molar-refractivity contribution < 1.29 is 14.4 Å². The molecule has 2 aromatic carbocycles. The Morgan fingerprint density at radius 1 is 0.913 bits per heavy atom. The molecule has 4 heterocycles. The number of nitrogens with two attached hydrogens (primary N) is 1. The van der Waals surface area contributed by atoms with E-state index in [4.69, 9.17) is 10.8 Å². The fourth-order valence-corrected chi connectivity index (χ4v) is 6.06. The predicted octanol–water partition coefficient (Wildman–Crippen LogP) is 4.53. The second-order valence-electron chi connectivity index (χ2n) is 11.7. The van der Waals surface area contributed by atoms with Gasteiger partial charge in [-0.25, -0.2) is 9.80 Å². The van der Waals surface area contributed by atoms with Crippen molar-refractivity contribution in [3.8, 4) is 0 Å². The van der Waals surface area contributed by atoms with Crippen LogP contribution in [0.15, 0.2) is 84.4 Å². The molecule has 2 aromatic heterocycles. The molecular formula is C35H38N8O3. The van der Waals surface area contributed by atoms with E-state index < -0.39 is 5.92 Å². The lowest BCUT2D eigenvalue weighted by atomic mass is 9.86. The first-order chi connectivity index (χ1) is 22.5. The van der Waals surface area contributed by atoms with Crippen molar-refractivity contribution in [1.29, 1.82) is 0 Å². The highest BCUT2D eigenvalue weighted by atomic mass is 16.2. The summed E-state index contributed by atoms with van der Waals surface area (Å²) in [5, 5.41) is 13.2. The summed E-state index contributed by atoms with van der Waals surface area (Å²) < 4.78 is 0. The Bertz CT molecular complexity index is 1730. The van der Waals surface area contributed by atoms with Gasteiger partial charge in [-0.2, -0.15) is 5.10 Å². The molecule has 236 valence electrons. The van der Waals surface area contributed by atoms with Crippen LogP contribution < -0.4 is 16.4 Å². The standard InChI is InChI=1S/C35H38N8O3/c36-20-33(44)39-15-3-1-2-4-18-43-34(45)30(28-7-5-9-31-29(28)8-6-16-38-31)19-32(41-43)24-10-12-27(13-11-24)40-35(46)42-22-25-14-17-37-21-26(25)23-42/h5-14,16-17,21,30H,1-4,15,18-20,22-23,36H2,(H,39,44)(H,40,46). The molecule has 4 amide bonds. The van der Waals surface area contributed by atoms with E-state index >= 15 is 0 Å². The van der Waals surface area contributed by atoms with Crippen LogP contribution in [0.25, 0.3) is 10.9 Å². The number of pyridine rings is 2. The number of carbonyl (C=O) groups is 3. The van der Waals surface area contributed by atoms with Gasteiger partial charge in [0.05, 0.1) is 23.7 Å². The molecule has 11 heteroatoms. The average Bonchev–Trinajstić information content (AvgIpc) is 3.53. The fraction of sp³-hybridized carbons (Fsp3) is 0.314. The second kappa shape index (κ2) is 14.3. The third-order valence-corrected chi connectivity index (χ3v) is 8.53. The zero-order chi connectivity index (χ0) is 31.9. The number of benzene rings is 2. The lowest BCUT2D eigenvalue weighted by Crippen LogP contribution is -2.38. The lowest BCUT2D eigenvalue weighted by Gasteiger charge is -2.30. The van der Waals surface area contributed by atoms with Crippen molar-refractivity contribution in [3.63, 3.8) is 0 Å². The first-order valence-electron chi connectivity index (χ1n) is 15.8. The molecule has 0 spiro atoms. The van der Waals surface area contributed by atoms with E-state index in [0.717, 1.165) is 64.6 Å². The zero-order valence-corrected chi connectivity index (χ0v) is 25.7. The van der Waals surface area contributed by atoms with Gasteiger partial charge in [-0.15, -0.1) is 0 Å². The highest BCUT2D eigenvalue weighted by Crippen LogP contribution is 2.33. The largest absolute Gasteiger partial charge is 0.355 e. The van der Waals surface area contributed by atoms with Crippen LogP contribution >= 0.6 is 0 Å². The molecule has 2 aliphatic heterocycles. The number of hydrogen-bond acceptors (Lipinski definition) is 7. The van der Waals surface area contributed by atoms with Crippen molar-refractivity contribution in [1.82, 2.24) is 25.2 Å². The Kier molecular flexibility index (Phi) is 9.59. The molecule has 0 radical (unpaired) electrons. The minimum Gasteiger partial charge on any atom is -0.355 e. The van der Waals surface area contributed by atoms with E-state index in [1.54, 1.807) is 22.3 Å². The van der Waals surface area contributed by atoms with Gasteiger partial charge in [0.25, 0.3) is 5.91 Å². The number of rotatable bonds is 11. The number of aromatic nitrogens is 2. The number of anilines is 1. The topological polar surface area (TPSA) is 146 Å². The highest BCUT2D eigenvalue weighted by Gasteiger charge is 2.33. The van der Waals surface area contributed by atoms with Crippen molar-refractivity contribution in [2.75, 3.05) is 25.0 Å². The van der Waals surface area contributed by atoms with Gasteiger partial charge >= 0.3 is 6.03 Å². The quantitative estimate of drug-likeness (QED) is 0.211. The lowest BCUT2D eigenvalue weighted by molar-refractivity contribution is -0.133. The Balaban J connectivity index is 1.16. The number of fused-ring (bicyclic) bond motifs is 2. The molecule has 0 saturated heterocycles. The molecule has 4 aromatic rings. The zero-order valence-electron chi connectivity index (χ0n) is 25.7. The van der Waals surface area contributed by atoms with Crippen molar-refractivity contribution in [2.45, 2.75) is 51.1 Å². The molecule has 4 N–H and O–H groups in total. The van der Waals surface area contributed by atoms with Crippen LogP contribution in [-0.2, 0) is 22.7 Å². The summed E-state index contributed by atoms with van der Waals surface area (Å²) in [5.41, 5.74) is 11.7. The first-order valence-corrected chi connectivity index (χ1v) is 15.8. The van der Waals surface area contributed by atoms with Crippen LogP contribution in [0.5, 0.6) is 0 Å². The van der Waals surface area contributed by atoms with Gasteiger partial charge in [-0.3, -0.25) is 19.6 Å². The third kappa shape index (κ3) is 7.05. The minimum atomic E-state index is -0.405. The molecule has 0 fully saturated rings. The van der Waals surface area contributed by atoms with E-state index in [2.05, 4.69) is 20.6 Å². The molecule has 1 unspecified atom stereocenters. The van der Waals surface area contributed by atoms with E-state index in [-0.39, 0.29) is 24.4 Å². The summed E-state index contributed by atoms with van der Waals surface area (Å²) in [5.74, 6) is -0.584. The van der Waals surface area contributed by atoms with Gasteiger partial charge in [-0.05, 0) is 65.4 Å². The monoisotopic (exact) mass is 618 g/mol. The summed E-state index contributed by atoms with van der Waals surface area (Å²) in [6.07, 6.45) is 9.24. The maximum absolute atomic E-state index is 13.9. The number of nitrogens with zero attached hydrogens (tertiary/aromatic N) is 5. The number of nitrogens with one attached hydrogen (secondary N) is 2. The van der Waals surface area contributed by atoms with E-state index in [9.17, 15) is 14.4 Å². The fourth-order valence-electron chi connectivity index (χ4n) is 6.06. The van der Waals surface area contributed by atoms with Crippen LogP contribution in [0.2, 0.25) is 0 Å². The first kappa shape index (κ1) is 30.8. The van der Waals surface area contributed by atoms with Gasteiger partial charge in [0, 0.05) is 62.3 Å². The average molecular weight is 619 g/mol. The number of hydrazone groups is 1. The van der Waals surface area contributed by atoms with Gasteiger partial charge in [0.2, 0.25) is 5.91 Å². The van der Waals surface area contributed by atoms with Crippen LogP contribution in [-0.4, -0.2) is 63.1 Å². The maximum Gasteiger partial charge on any atom is 0.322 e. The van der Waals surface area contributed by atoms with Crippen molar-refractivity contribution in [3.05, 3.63) is 102 Å². The molecule has 2 aliphatic rings. The molecule has 6 rings (SSSR count). The summed E-state index contributed by atoms with van der Waals surface area (Å²) in [7, 11) is 0. The van der Waals surface area contributed by atoms with E-state index in [1.807, 2.05) is 66.9 Å². The van der Waals surface area contributed by atoms with Crippen LogP contribution in [0.4, 0.5) is 10.5 Å². The summed E-state index contributed by atoms with van der Waals surface area (Å²) >= 11 is 0. The van der Waals surface area contributed by atoms with Crippen LogP contribution in [0.3, 0.4) is 0 Å². The summed E-state index contributed by atoms with van der Waals surface area (Å²) in [6.45, 7) is 2.17. The molecule has 0 bridgehead atoms. The smallest absolute Gasteiger partial charge is 0.322 e. The normalized spacial score (nSPS) is 15.9. The molecule has 0 aliphatic carbocycles. The molecular weight excluding hydrogens is 580 g/mol. The van der Waals surface area contributed by atoms with Crippen LogP contribution in [0.1, 0.15) is 60.3 Å². The number of carbonyl (C=O) groups excluding carboxylic acids is 3. The van der Waals surface area contributed by atoms with Gasteiger partial charge in [0.15, 0.2) is 0 Å². The Hall–Kier alpha value is -5.16. The van der Waals surface area contributed by atoms with E-state index in [0.29, 0.717) is 38.3 Å². The number of unbranched alkanes of at least 4 members (excludes halogenated alkanes) is 3. The van der Waals surface area contributed by atoms with E-state index in [1.165, 1.54) is 0 Å². The Morgan fingerprint density at radius 3 is 2.57 bits per heavy atom. The molecule has 1 atom stereocenters. The molecule has 0 saturated carbocycles. The SMILES string of the molecule is NCC(=O)NCCCCCCN1N=C(c2ccc(NC(=O)N3Cc4ccncc4C3)cc2)CC(c2cccc3ncccc23)C1=O. The third-order valence-electron chi connectivity index (χ3n) is 8.53. The van der Waals surface area contributed by atoms with Crippen LogP contribution in [0, 0.1) is 0 Å². The van der Waals surface area contributed by atoms with Gasteiger partial charge in [0.1, 0.15) is 0 Å². The molecule has 46 heavy (non-hydrogen) atoms. The van der Waals surface area contributed by atoms with Gasteiger partial charge in [-0.1, -0.05) is 43.2 Å².